The van der Waals surface area contributed by atoms with Crippen LogP contribution >= 0.6 is 0 Å². The third-order valence-electron chi connectivity index (χ3n) is 0.951. The molecular formula is C7H14N2. The molecule has 0 radical (unpaired) electrons. The van der Waals surface area contributed by atoms with Crippen molar-refractivity contribution < 1.29 is 0 Å². The zero-order chi connectivity index (χ0) is 7.33. The molecule has 0 aromatic rings. The molecule has 2 nitrogen and oxygen atoms in total. The Kier molecular flexibility index (Phi) is 2.99. The fraction of sp³-hybridized carbons (Fsp3) is 0.571. The lowest BCUT2D eigenvalue weighted by Crippen LogP contribution is -2.32. The van der Waals surface area contributed by atoms with Crippen LogP contribution in [0.25, 0.3) is 0 Å². The summed E-state index contributed by atoms with van der Waals surface area (Å²) in [6.45, 7) is 9.37. The first-order chi connectivity index (χ1) is 4.12. The second-order valence-corrected chi connectivity index (χ2v) is 2.49. The Morgan fingerprint density at radius 1 is 1.56 bits per heavy atom. The van der Waals surface area contributed by atoms with Gasteiger partial charge in [-0.15, -0.1) is 0 Å². The monoisotopic (exact) mass is 126 g/mol. The Labute approximate surface area is 56.7 Å². The fourth-order valence-corrected chi connectivity index (χ4v) is 0.658. The second kappa shape index (κ2) is 3.28. The van der Waals surface area contributed by atoms with Crippen LogP contribution in [-0.4, -0.2) is 12.3 Å². The molecule has 52 valence electrons. The normalized spacial score (nSPS) is 11.9. The highest BCUT2D eigenvalue weighted by Crippen LogP contribution is 2.02. The van der Waals surface area contributed by atoms with Gasteiger partial charge in [0.2, 0.25) is 0 Å². The van der Waals surface area contributed by atoms with Crippen LogP contribution in [0.5, 0.6) is 0 Å². The Bertz CT molecular complexity index is 114. The van der Waals surface area contributed by atoms with Crippen molar-refractivity contribution in [3.05, 3.63) is 12.2 Å². The fourth-order valence-electron chi connectivity index (χ4n) is 0.658. The first kappa shape index (κ1) is 8.21. The van der Waals surface area contributed by atoms with Crippen LogP contribution in [-0.2, 0) is 0 Å². The van der Waals surface area contributed by atoms with Crippen molar-refractivity contribution >= 4 is 6.72 Å². The van der Waals surface area contributed by atoms with Crippen LogP contribution in [0.2, 0.25) is 0 Å². The molecule has 0 saturated heterocycles. The van der Waals surface area contributed by atoms with Crippen LogP contribution in [0.1, 0.15) is 20.8 Å². The maximum absolute atomic E-state index is 3.57. The molecule has 0 fully saturated rings. The average Bonchev–Trinajstić information content (AvgIpc) is 1.64. The first-order valence-corrected chi connectivity index (χ1v) is 2.99. The Morgan fingerprint density at radius 2 is 2.11 bits per heavy atom. The molecule has 0 saturated carbocycles. The van der Waals surface area contributed by atoms with Crippen molar-refractivity contribution in [1.29, 1.82) is 0 Å². The number of hydrogen-bond acceptors (Lipinski definition) is 2. The number of hydrazone groups is 1. The lowest BCUT2D eigenvalue weighted by Gasteiger charge is -2.18. The molecule has 0 aliphatic carbocycles. The van der Waals surface area contributed by atoms with Crippen molar-refractivity contribution in [3.8, 4) is 0 Å². The molecule has 0 spiro atoms. The maximum Gasteiger partial charge on any atom is 0.0671 e. The van der Waals surface area contributed by atoms with E-state index in [9.17, 15) is 0 Å². The highest BCUT2D eigenvalue weighted by molar-refractivity contribution is 5.22. The SMILES string of the molecule is C=NNC(C)(C)/C=C\C. The summed E-state index contributed by atoms with van der Waals surface area (Å²) in [5.74, 6) is 0. The quantitative estimate of drug-likeness (QED) is 0.346. The summed E-state index contributed by atoms with van der Waals surface area (Å²) in [7, 11) is 0. The number of hydrogen-bond donors (Lipinski definition) is 1. The molecular weight excluding hydrogens is 112 g/mol. The third kappa shape index (κ3) is 3.76. The number of allylic oxidation sites excluding steroid dienone is 1. The van der Waals surface area contributed by atoms with Gasteiger partial charge in [-0.1, -0.05) is 12.2 Å². The lowest BCUT2D eigenvalue weighted by atomic mass is 10.1. The minimum Gasteiger partial charge on any atom is -0.301 e. The Morgan fingerprint density at radius 3 is 2.44 bits per heavy atom. The van der Waals surface area contributed by atoms with E-state index in [1.807, 2.05) is 32.9 Å². The average molecular weight is 126 g/mol. The van der Waals surface area contributed by atoms with E-state index >= 15 is 0 Å². The van der Waals surface area contributed by atoms with Gasteiger partial charge in [0.25, 0.3) is 0 Å². The highest BCUT2D eigenvalue weighted by Gasteiger charge is 2.08. The van der Waals surface area contributed by atoms with Crippen molar-refractivity contribution in [2.24, 2.45) is 5.10 Å². The van der Waals surface area contributed by atoms with Gasteiger partial charge in [0.15, 0.2) is 0 Å². The summed E-state index contributed by atoms with van der Waals surface area (Å²) < 4.78 is 0. The Balaban J connectivity index is 3.84. The van der Waals surface area contributed by atoms with Crippen molar-refractivity contribution in [1.82, 2.24) is 5.43 Å². The number of nitrogens with one attached hydrogen (secondary N) is 1. The van der Waals surface area contributed by atoms with Gasteiger partial charge in [-0.2, -0.15) is 5.10 Å². The molecule has 0 unspecified atom stereocenters. The number of rotatable bonds is 3. The first-order valence-electron chi connectivity index (χ1n) is 2.99. The minimum absolute atomic E-state index is 0.0590. The Hall–Kier alpha value is -0.790. The molecule has 0 aromatic carbocycles. The summed E-state index contributed by atoms with van der Waals surface area (Å²) in [5.41, 5.74) is 2.79. The molecule has 0 amide bonds. The van der Waals surface area contributed by atoms with Crippen LogP contribution in [0.4, 0.5) is 0 Å². The largest absolute Gasteiger partial charge is 0.301 e. The van der Waals surface area contributed by atoms with E-state index in [2.05, 4.69) is 17.2 Å². The van der Waals surface area contributed by atoms with Crippen LogP contribution < -0.4 is 5.43 Å². The van der Waals surface area contributed by atoms with Gasteiger partial charge in [-0.25, -0.2) is 0 Å². The highest BCUT2D eigenvalue weighted by atomic mass is 15.3. The molecule has 0 aliphatic heterocycles. The van der Waals surface area contributed by atoms with Gasteiger partial charge in [0.05, 0.1) is 5.54 Å². The zero-order valence-corrected chi connectivity index (χ0v) is 6.31. The lowest BCUT2D eigenvalue weighted by molar-refractivity contribution is 0.496. The van der Waals surface area contributed by atoms with Gasteiger partial charge >= 0.3 is 0 Å². The van der Waals surface area contributed by atoms with E-state index in [1.165, 1.54) is 0 Å². The molecule has 0 bridgehead atoms. The van der Waals surface area contributed by atoms with Gasteiger partial charge in [-0.3, -0.25) is 0 Å². The van der Waals surface area contributed by atoms with Crippen LogP contribution in [0.15, 0.2) is 17.3 Å². The maximum atomic E-state index is 3.57. The number of nitrogens with zero attached hydrogens (tertiary/aromatic N) is 1. The van der Waals surface area contributed by atoms with E-state index in [4.69, 9.17) is 0 Å². The molecule has 0 heterocycles. The van der Waals surface area contributed by atoms with Crippen molar-refractivity contribution in [2.45, 2.75) is 26.3 Å². The van der Waals surface area contributed by atoms with Crippen molar-refractivity contribution in [3.63, 3.8) is 0 Å². The molecule has 2 heteroatoms. The predicted octanol–water partition coefficient (Wildman–Crippen LogP) is 1.55. The summed E-state index contributed by atoms with van der Waals surface area (Å²) in [5, 5.41) is 3.57. The van der Waals surface area contributed by atoms with Gasteiger partial charge in [0.1, 0.15) is 0 Å². The van der Waals surface area contributed by atoms with Crippen LogP contribution in [0, 0.1) is 0 Å². The van der Waals surface area contributed by atoms with E-state index < -0.39 is 0 Å². The molecule has 0 aliphatic rings. The third-order valence-corrected chi connectivity index (χ3v) is 0.951. The smallest absolute Gasteiger partial charge is 0.0671 e. The van der Waals surface area contributed by atoms with Crippen LogP contribution in [0.3, 0.4) is 0 Å². The van der Waals surface area contributed by atoms with Gasteiger partial charge in [-0.05, 0) is 20.8 Å². The van der Waals surface area contributed by atoms with E-state index in [-0.39, 0.29) is 5.54 Å². The van der Waals surface area contributed by atoms with E-state index in [1.54, 1.807) is 0 Å². The molecule has 0 rings (SSSR count). The minimum atomic E-state index is -0.0590. The molecule has 1 N–H and O–H groups in total. The van der Waals surface area contributed by atoms with Gasteiger partial charge in [0, 0.05) is 6.72 Å². The summed E-state index contributed by atoms with van der Waals surface area (Å²) >= 11 is 0. The topological polar surface area (TPSA) is 24.4 Å². The van der Waals surface area contributed by atoms with Gasteiger partial charge < -0.3 is 5.43 Å². The second-order valence-electron chi connectivity index (χ2n) is 2.49. The molecule has 0 aromatic heterocycles. The predicted molar refractivity (Wildman–Crippen MR) is 41.6 cm³/mol. The summed E-state index contributed by atoms with van der Waals surface area (Å²) in [6.07, 6.45) is 4.01. The summed E-state index contributed by atoms with van der Waals surface area (Å²) in [6, 6.07) is 0. The van der Waals surface area contributed by atoms with E-state index in [0.29, 0.717) is 0 Å². The van der Waals surface area contributed by atoms with E-state index in [0.717, 1.165) is 0 Å². The zero-order valence-electron chi connectivity index (χ0n) is 6.31. The summed E-state index contributed by atoms with van der Waals surface area (Å²) in [4.78, 5) is 0. The van der Waals surface area contributed by atoms with Crippen molar-refractivity contribution in [2.75, 3.05) is 0 Å². The molecule has 9 heavy (non-hydrogen) atoms. The standard InChI is InChI=1S/C7H14N2/c1-5-6-7(2,3)9-8-4/h5-6,9H,4H2,1-3H3/b6-5-. The molecule has 0 atom stereocenters.